The third kappa shape index (κ3) is 5.10. The summed E-state index contributed by atoms with van der Waals surface area (Å²) < 4.78 is 39.8. The van der Waals surface area contributed by atoms with Gasteiger partial charge in [-0.25, -0.2) is 13.4 Å². The van der Waals surface area contributed by atoms with Crippen LogP contribution in [-0.2, 0) is 21.8 Å². The number of methoxy groups -OCH3 is 1. The minimum atomic E-state index is -3.55. The van der Waals surface area contributed by atoms with Crippen molar-refractivity contribution in [2.45, 2.75) is 49.6 Å². The van der Waals surface area contributed by atoms with Gasteiger partial charge in [0.1, 0.15) is 16.5 Å². The number of nitrogens with zero attached hydrogens (tertiary/aromatic N) is 6. The number of aromatic nitrogens is 4. The van der Waals surface area contributed by atoms with Crippen molar-refractivity contribution in [1.29, 1.82) is 5.26 Å². The molecule has 33 heavy (non-hydrogen) atoms. The van der Waals surface area contributed by atoms with Crippen LogP contribution in [0, 0.1) is 16.7 Å². The predicted molar refractivity (Wildman–Crippen MR) is 119 cm³/mol. The number of nitrogens with one attached hydrogen (secondary N) is 1. The molecule has 0 spiro atoms. The van der Waals surface area contributed by atoms with Crippen LogP contribution in [0.25, 0.3) is 0 Å². The molecule has 2 aromatic rings. The fourth-order valence-corrected chi connectivity index (χ4v) is 5.75. The van der Waals surface area contributed by atoms with Crippen molar-refractivity contribution in [1.82, 2.24) is 24.1 Å². The van der Waals surface area contributed by atoms with Crippen molar-refractivity contribution in [2.75, 3.05) is 32.1 Å². The molecule has 0 atom stereocenters. The van der Waals surface area contributed by atoms with Gasteiger partial charge in [0.25, 0.3) is 0 Å². The van der Waals surface area contributed by atoms with E-state index in [1.807, 2.05) is 0 Å². The highest BCUT2D eigenvalue weighted by Gasteiger charge is 2.41. The van der Waals surface area contributed by atoms with Gasteiger partial charge in [-0.1, -0.05) is 6.92 Å². The second-order valence-electron chi connectivity index (χ2n) is 9.06. The summed E-state index contributed by atoms with van der Waals surface area (Å²) in [5.41, 5.74) is 0.280. The van der Waals surface area contributed by atoms with Gasteiger partial charge in [0, 0.05) is 44.9 Å². The molecule has 4 rings (SSSR count). The molecule has 2 fully saturated rings. The summed E-state index contributed by atoms with van der Waals surface area (Å²) in [6.45, 7) is 3.34. The van der Waals surface area contributed by atoms with Crippen LogP contribution >= 0.6 is 0 Å². The Kier molecular flexibility index (Phi) is 6.56. The number of ether oxygens (including phenoxy) is 2. The maximum absolute atomic E-state index is 12.8. The van der Waals surface area contributed by atoms with Crippen molar-refractivity contribution in [3.8, 4) is 11.9 Å². The van der Waals surface area contributed by atoms with E-state index in [2.05, 4.69) is 33.4 Å². The average Bonchev–Trinajstić information content (AvgIpc) is 3.23. The average molecular weight is 476 g/mol. The molecule has 2 aromatic heterocycles. The fourth-order valence-electron chi connectivity index (χ4n) is 4.29. The van der Waals surface area contributed by atoms with Crippen molar-refractivity contribution in [3.63, 3.8) is 0 Å². The third-order valence-corrected chi connectivity index (χ3v) is 8.16. The maximum Gasteiger partial charge on any atom is 0.246 e. The summed E-state index contributed by atoms with van der Waals surface area (Å²) in [6, 6.07) is 2.09. The minimum absolute atomic E-state index is 0.00145. The summed E-state index contributed by atoms with van der Waals surface area (Å²) in [6.07, 6.45) is 7.60. The largest absolute Gasteiger partial charge is 0.476 e. The number of nitriles is 1. The number of sulfonamides is 1. The SMILES string of the molecule is CO[C@H]1C[C@@](C)(COc2nc(NC3CCN(S(=O)(=O)c4cnn(C)c4)CC3)ncc2C#N)C1. The van der Waals surface area contributed by atoms with Crippen LogP contribution < -0.4 is 10.1 Å². The molecule has 178 valence electrons. The Morgan fingerprint density at radius 2 is 2.03 bits per heavy atom. The first kappa shape index (κ1) is 23.4. The second-order valence-corrected chi connectivity index (χ2v) is 11.0. The molecule has 1 saturated heterocycles. The van der Waals surface area contributed by atoms with Crippen molar-refractivity contribution >= 4 is 16.0 Å². The normalized spacial score (nSPS) is 24.1. The van der Waals surface area contributed by atoms with Crippen molar-refractivity contribution < 1.29 is 17.9 Å². The van der Waals surface area contributed by atoms with E-state index in [4.69, 9.17) is 9.47 Å². The Balaban J connectivity index is 1.35. The lowest BCUT2D eigenvalue weighted by molar-refractivity contribution is -0.0696. The summed E-state index contributed by atoms with van der Waals surface area (Å²) in [5, 5.41) is 16.6. The fraction of sp³-hybridized carbons (Fsp3) is 0.619. The Labute approximate surface area is 193 Å². The Morgan fingerprint density at radius 1 is 1.30 bits per heavy atom. The molecule has 11 nitrogen and oxygen atoms in total. The third-order valence-electron chi connectivity index (χ3n) is 6.31. The predicted octanol–water partition coefficient (Wildman–Crippen LogP) is 1.54. The van der Waals surface area contributed by atoms with Gasteiger partial charge in [0.15, 0.2) is 0 Å². The van der Waals surface area contributed by atoms with E-state index in [9.17, 15) is 13.7 Å². The van der Waals surface area contributed by atoms with Crippen LogP contribution in [0.4, 0.5) is 5.95 Å². The monoisotopic (exact) mass is 475 g/mol. The van der Waals surface area contributed by atoms with Gasteiger partial charge in [-0.15, -0.1) is 0 Å². The van der Waals surface area contributed by atoms with Gasteiger partial charge >= 0.3 is 0 Å². The number of hydrogen-bond donors (Lipinski definition) is 1. The lowest BCUT2D eigenvalue weighted by Crippen LogP contribution is -2.43. The molecule has 1 saturated carbocycles. The van der Waals surface area contributed by atoms with Crippen LogP contribution in [0.2, 0.25) is 0 Å². The summed E-state index contributed by atoms with van der Waals surface area (Å²) in [7, 11) is -0.155. The molecule has 3 heterocycles. The highest BCUT2D eigenvalue weighted by molar-refractivity contribution is 7.89. The number of hydrogen-bond acceptors (Lipinski definition) is 9. The topological polar surface area (TPSA) is 135 Å². The highest BCUT2D eigenvalue weighted by Crippen LogP contribution is 2.42. The summed E-state index contributed by atoms with van der Waals surface area (Å²) in [5.74, 6) is 0.625. The zero-order chi connectivity index (χ0) is 23.6. The quantitative estimate of drug-likeness (QED) is 0.603. The van der Waals surface area contributed by atoms with E-state index in [0.29, 0.717) is 38.5 Å². The van der Waals surface area contributed by atoms with E-state index in [0.717, 1.165) is 12.8 Å². The lowest BCUT2D eigenvalue weighted by Gasteiger charge is -2.43. The van der Waals surface area contributed by atoms with E-state index in [-0.39, 0.29) is 33.9 Å². The zero-order valence-electron chi connectivity index (χ0n) is 19.1. The lowest BCUT2D eigenvalue weighted by atomic mass is 9.69. The van der Waals surface area contributed by atoms with E-state index in [1.54, 1.807) is 14.2 Å². The Bertz CT molecular complexity index is 1130. The molecule has 0 amide bonds. The van der Waals surface area contributed by atoms with E-state index in [1.165, 1.54) is 27.6 Å². The molecule has 0 aromatic carbocycles. The van der Waals surface area contributed by atoms with Crippen LogP contribution in [0.3, 0.4) is 0 Å². The van der Waals surface area contributed by atoms with E-state index >= 15 is 0 Å². The number of aryl methyl sites for hydroxylation is 1. The van der Waals surface area contributed by atoms with Gasteiger partial charge in [-0.3, -0.25) is 4.68 Å². The molecule has 1 N–H and O–H groups in total. The molecule has 0 unspecified atom stereocenters. The molecule has 12 heteroatoms. The van der Waals surface area contributed by atoms with Crippen LogP contribution in [0.5, 0.6) is 5.88 Å². The minimum Gasteiger partial charge on any atom is -0.476 e. The highest BCUT2D eigenvalue weighted by atomic mass is 32.2. The van der Waals surface area contributed by atoms with Gasteiger partial charge < -0.3 is 14.8 Å². The first-order valence-electron chi connectivity index (χ1n) is 10.9. The van der Waals surface area contributed by atoms with Crippen LogP contribution in [0.1, 0.15) is 38.2 Å². The van der Waals surface area contributed by atoms with Crippen LogP contribution in [0.15, 0.2) is 23.5 Å². The molecule has 1 aliphatic heterocycles. The summed E-state index contributed by atoms with van der Waals surface area (Å²) >= 11 is 0. The Morgan fingerprint density at radius 3 is 2.64 bits per heavy atom. The van der Waals surface area contributed by atoms with E-state index < -0.39 is 10.0 Å². The van der Waals surface area contributed by atoms with Gasteiger partial charge in [0.05, 0.1) is 25.1 Å². The molecule has 2 aliphatic rings. The van der Waals surface area contributed by atoms with Gasteiger partial charge in [0.2, 0.25) is 21.9 Å². The number of piperidine rings is 1. The maximum atomic E-state index is 12.8. The summed E-state index contributed by atoms with van der Waals surface area (Å²) in [4.78, 5) is 8.85. The number of rotatable bonds is 8. The van der Waals surface area contributed by atoms with Crippen LogP contribution in [-0.4, -0.2) is 71.4 Å². The molecule has 0 radical (unpaired) electrons. The second kappa shape index (κ2) is 9.24. The Hall–Kier alpha value is -2.75. The number of anilines is 1. The molecular formula is C21H29N7O4S. The molecule has 0 bridgehead atoms. The first-order valence-corrected chi connectivity index (χ1v) is 12.3. The first-order chi connectivity index (χ1) is 15.7. The van der Waals surface area contributed by atoms with Gasteiger partial charge in [-0.2, -0.15) is 19.6 Å². The molecular weight excluding hydrogens is 446 g/mol. The van der Waals surface area contributed by atoms with Crippen molar-refractivity contribution in [2.24, 2.45) is 12.5 Å². The molecule has 1 aliphatic carbocycles. The zero-order valence-corrected chi connectivity index (χ0v) is 19.9. The van der Waals surface area contributed by atoms with Gasteiger partial charge in [-0.05, 0) is 25.7 Å². The standard InChI is InChI=1S/C21H29N7O4S/c1-21(8-17(9-21)31-3)14-32-19-15(10-22)11-23-20(26-19)25-16-4-6-28(7-5-16)33(29,30)18-12-24-27(2)13-18/h11-13,16-17H,4-9,14H2,1-3H3,(H,23,25,26)/t17-,21+. The smallest absolute Gasteiger partial charge is 0.246 e. The van der Waals surface area contributed by atoms with Crippen molar-refractivity contribution in [3.05, 3.63) is 24.2 Å².